The maximum Gasteiger partial charge on any atom is 0.267 e. The van der Waals surface area contributed by atoms with Crippen molar-refractivity contribution in [3.05, 3.63) is 0 Å². The van der Waals surface area contributed by atoms with E-state index in [0.29, 0.717) is 12.8 Å². The summed E-state index contributed by atoms with van der Waals surface area (Å²) in [5.41, 5.74) is 0. The number of aliphatic hydroxyl groups is 1. The van der Waals surface area contributed by atoms with E-state index < -0.39 is 15.4 Å². The molecule has 0 fully saturated rings. The molecule has 5 heteroatoms. The predicted octanol–water partition coefficient (Wildman–Crippen LogP) is 4.71. The Morgan fingerprint density at radius 2 is 1.23 bits per heavy atom. The highest BCUT2D eigenvalue weighted by atomic mass is 32.2. The first-order valence-corrected chi connectivity index (χ1v) is 10.6. The molecule has 4 nitrogen and oxygen atoms in total. The van der Waals surface area contributed by atoms with Crippen molar-refractivity contribution in [2.24, 2.45) is 0 Å². The van der Waals surface area contributed by atoms with E-state index in [9.17, 15) is 18.1 Å². The third-order valence-corrected chi connectivity index (χ3v) is 5.55. The number of unbranched alkanes of at least 4 members (excludes halogenated alkanes) is 6. The van der Waals surface area contributed by atoms with Gasteiger partial charge in [0.25, 0.3) is 10.1 Å². The van der Waals surface area contributed by atoms with Gasteiger partial charge in [-0.1, -0.05) is 71.6 Å². The molecule has 2 atom stereocenters. The first-order valence-electron chi connectivity index (χ1n) is 9.06. The van der Waals surface area contributed by atoms with E-state index in [1.807, 2.05) is 6.92 Å². The Bertz CT molecular complexity index is 341. The van der Waals surface area contributed by atoms with Crippen LogP contribution in [0.4, 0.5) is 0 Å². The molecule has 0 heterocycles. The van der Waals surface area contributed by atoms with Crippen LogP contribution in [-0.2, 0) is 10.1 Å². The quantitative estimate of drug-likeness (QED) is 0.335. The third kappa shape index (κ3) is 12.4. The smallest absolute Gasteiger partial charge is 0.267 e. The lowest BCUT2D eigenvalue weighted by Crippen LogP contribution is -2.20. The Kier molecular flexibility index (Phi) is 13.2. The summed E-state index contributed by atoms with van der Waals surface area (Å²) in [6.45, 7) is 4.21. The van der Waals surface area contributed by atoms with Gasteiger partial charge in [0.15, 0.2) is 0 Å². The fourth-order valence-electron chi connectivity index (χ4n) is 2.82. The van der Waals surface area contributed by atoms with Gasteiger partial charge in [0.05, 0.1) is 11.4 Å². The van der Waals surface area contributed by atoms with Crippen LogP contribution in [0.2, 0.25) is 0 Å². The van der Waals surface area contributed by atoms with Crippen LogP contribution in [0.5, 0.6) is 0 Å². The molecule has 2 N–H and O–H groups in total. The standard InChI is InChI=1S/C17H36O4S/c1-3-5-6-7-8-9-14-17(22(19,20)21)15-11-10-13-16(18)12-4-2/h16-18H,3-15H2,1-2H3,(H,19,20,21). The Labute approximate surface area is 137 Å². The predicted molar refractivity (Wildman–Crippen MR) is 92.7 cm³/mol. The highest BCUT2D eigenvalue weighted by molar-refractivity contribution is 7.86. The Morgan fingerprint density at radius 3 is 1.77 bits per heavy atom. The van der Waals surface area contributed by atoms with Crippen molar-refractivity contribution in [3.63, 3.8) is 0 Å². The lowest BCUT2D eigenvalue weighted by Gasteiger charge is -2.14. The van der Waals surface area contributed by atoms with Crippen molar-refractivity contribution in [2.45, 2.75) is 109 Å². The molecular weight excluding hydrogens is 300 g/mol. The van der Waals surface area contributed by atoms with Crippen LogP contribution in [0.15, 0.2) is 0 Å². The fraction of sp³-hybridized carbons (Fsp3) is 1.00. The second kappa shape index (κ2) is 13.3. The normalized spacial score (nSPS) is 14.9. The van der Waals surface area contributed by atoms with Gasteiger partial charge in [-0.3, -0.25) is 4.55 Å². The van der Waals surface area contributed by atoms with Gasteiger partial charge < -0.3 is 5.11 Å². The van der Waals surface area contributed by atoms with E-state index in [1.165, 1.54) is 19.3 Å². The molecule has 0 spiro atoms. The zero-order valence-corrected chi connectivity index (χ0v) is 15.3. The monoisotopic (exact) mass is 336 g/mol. The van der Waals surface area contributed by atoms with Gasteiger partial charge in [-0.15, -0.1) is 0 Å². The number of rotatable bonds is 15. The molecule has 0 aromatic carbocycles. The topological polar surface area (TPSA) is 74.6 Å². The maximum absolute atomic E-state index is 11.4. The summed E-state index contributed by atoms with van der Waals surface area (Å²) in [7, 11) is -3.94. The number of hydrogen-bond donors (Lipinski definition) is 2. The van der Waals surface area contributed by atoms with E-state index >= 15 is 0 Å². The van der Waals surface area contributed by atoms with Gasteiger partial charge in [-0.2, -0.15) is 8.42 Å². The van der Waals surface area contributed by atoms with Crippen LogP contribution >= 0.6 is 0 Å². The van der Waals surface area contributed by atoms with Crippen LogP contribution in [0.3, 0.4) is 0 Å². The average Bonchev–Trinajstić information content (AvgIpc) is 2.43. The van der Waals surface area contributed by atoms with Crippen LogP contribution in [0.1, 0.15) is 97.3 Å². The second-order valence-electron chi connectivity index (χ2n) is 6.42. The molecule has 0 saturated carbocycles. The molecule has 0 saturated heterocycles. The van der Waals surface area contributed by atoms with E-state index in [4.69, 9.17) is 0 Å². The van der Waals surface area contributed by atoms with Gasteiger partial charge >= 0.3 is 0 Å². The maximum atomic E-state index is 11.4. The lowest BCUT2D eigenvalue weighted by molar-refractivity contribution is 0.150. The van der Waals surface area contributed by atoms with Gasteiger partial charge in [0.2, 0.25) is 0 Å². The van der Waals surface area contributed by atoms with Gasteiger partial charge in [-0.05, 0) is 25.7 Å². The Balaban J connectivity index is 3.90. The highest BCUT2D eigenvalue weighted by Crippen LogP contribution is 2.19. The van der Waals surface area contributed by atoms with E-state index in [0.717, 1.165) is 51.4 Å². The van der Waals surface area contributed by atoms with E-state index in [2.05, 4.69) is 6.92 Å². The summed E-state index contributed by atoms with van der Waals surface area (Å²) in [6, 6.07) is 0. The molecule has 0 aromatic heterocycles. The number of hydrogen-bond acceptors (Lipinski definition) is 3. The van der Waals surface area contributed by atoms with E-state index in [-0.39, 0.29) is 6.10 Å². The fourth-order valence-corrected chi connectivity index (χ4v) is 3.75. The molecule has 0 rings (SSSR count). The minimum absolute atomic E-state index is 0.271. The average molecular weight is 337 g/mol. The molecule has 2 unspecified atom stereocenters. The lowest BCUT2D eigenvalue weighted by atomic mass is 10.0. The van der Waals surface area contributed by atoms with Crippen molar-refractivity contribution in [1.82, 2.24) is 0 Å². The van der Waals surface area contributed by atoms with Gasteiger partial charge in [-0.25, -0.2) is 0 Å². The van der Waals surface area contributed by atoms with Crippen LogP contribution in [-0.4, -0.2) is 29.4 Å². The summed E-state index contributed by atoms with van der Waals surface area (Å²) in [6.07, 6.45) is 11.6. The second-order valence-corrected chi connectivity index (χ2v) is 8.12. The van der Waals surface area contributed by atoms with E-state index in [1.54, 1.807) is 0 Å². The minimum Gasteiger partial charge on any atom is -0.393 e. The molecule has 0 aliphatic heterocycles. The SMILES string of the molecule is CCCCCCCCC(CCCCC(O)CCC)S(=O)(=O)O. The van der Waals surface area contributed by atoms with Gasteiger partial charge in [0, 0.05) is 0 Å². The van der Waals surface area contributed by atoms with Crippen LogP contribution in [0, 0.1) is 0 Å². The third-order valence-electron chi connectivity index (χ3n) is 4.24. The summed E-state index contributed by atoms with van der Waals surface area (Å²) >= 11 is 0. The summed E-state index contributed by atoms with van der Waals surface area (Å²) in [5, 5.41) is 9.03. The Hall–Kier alpha value is -0.130. The molecule has 0 bridgehead atoms. The van der Waals surface area contributed by atoms with Crippen LogP contribution < -0.4 is 0 Å². The minimum atomic E-state index is -3.94. The molecule has 134 valence electrons. The first-order chi connectivity index (χ1) is 10.4. The zero-order valence-electron chi connectivity index (χ0n) is 14.5. The van der Waals surface area contributed by atoms with Crippen molar-refractivity contribution in [2.75, 3.05) is 0 Å². The van der Waals surface area contributed by atoms with Gasteiger partial charge in [0.1, 0.15) is 0 Å². The number of aliphatic hydroxyl groups excluding tert-OH is 1. The Morgan fingerprint density at radius 1 is 0.727 bits per heavy atom. The highest BCUT2D eigenvalue weighted by Gasteiger charge is 2.21. The molecular formula is C17H36O4S. The van der Waals surface area contributed by atoms with Crippen molar-refractivity contribution < 1.29 is 18.1 Å². The molecule has 0 amide bonds. The molecule has 0 aliphatic rings. The molecule has 0 aromatic rings. The van der Waals surface area contributed by atoms with Crippen molar-refractivity contribution in [1.29, 1.82) is 0 Å². The first kappa shape index (κ1) is 21.9. The molecule has 0 radical (unpaired) electrons. The van der Waals surface area contributed by atoms with Crippen molar-refractivity contribution in [3.8, 4) is 0 Å². The largest absolute Gasteiger partial charge is 0.393 e. The molecule has 0 aliphatic carbocycles. The zero-order chi connectivity index (χ0) is 16.8. The summed E-state index contributed by atoms with van der Waals surface area (Å²) < 4.78 is 32.2. The summed E-state index contributed by atoms with van der Waals surface area (Å²) in [5.74, 6) is 0. The van der Waals surface area contributed by atoms with Crippen molar-refractivity contribution >= 4 is 10.1 Å². The molecule has 22 heavy (non-hydrogen) atoms. The summed E-state index contributed by atoms with van der Waals surface area (Å²) in [4.78, 5) is 0. The van der Waals surface area contributed by atoms with Crippen LogP contribution in [0.25, 0.3) is 0 Å².